The third-order valence-electron chi connectivity index (χ3n) is 3.93. The van der Waals surface area contributed by atoms with Gasteiger partial charge in [-0.1, -0.05) is 36.4 Å². The minimum Gasteiger partial charge on any atom is -0.340 e. The summed E-state index contributed by atoms with van der Waals surface area (Å²) in [5, 5.41) is 4.67. The Labute approximate surface area is 140 Å². The van der Waals surface area contributed by atoms with Crippen LogP contribution in [0.2, 0.25) is 0 Å². The molecular formula is C18H20N2O2S. The highest BCUT2D eigenvalue weighted by Crippen LogP contribution is 2.29. The molecule has 0 aliphatic heterocycles. The number of nitrogens with one attached hydrogen (secondary N) is 1. The molecule has 5 heteroatoms. The van der Waals surface area contributed by atoms with Crippen molar-refractivity contribution in [2.75, 3.05) is 0 Å². The topological polar surface area (TPSA) is 49.4 Å². The average Bonchev–Trinajstić information content (AvgIpc) is 3.25. The Balaban J connectivity index is 1.65. The van der Waals surface area contributed by atoms with E-state index in [1.807, 2.05) is 46.7 Å². The highest BCUT2D eigenvalue weighted by Gasteiger charge is 2.35. The lowest BCUT2D eigenvalue weighted by Crippen LogP contribution is -2.47. The largest absolute Gasteiger partial charge is 0.340 e. The Morgan fingerprint density at radius 2 is 1.96 bits per heavy atom. The van der Waals surface area contributed by atoms with Crippen LogP contribution in [0.25, 0.3) is 0 Å². The van der Waals surface area contributed by atoms with Crippen LogP contribution in [0.4, 0.5) is 0 Å². The number of benzene rings is 1. The normalized spacial score (nSPS) is 15.0. The Bertz CT molecular complexity index is 666. The maximum atomic E-state index is 12.7. The first-order chi connectivity index (χ1) is 11.1. The number of rotatable bonds is 6. The summed E-state index contributed by atoms with van der Waals surface area (Å²) in [5.74, 6) is -0.197. The van der Waals surface area contributed by atoms with E-state index in [1.165, 1.54) is 11.3 Å². The third kappa shape index (κ3) is 3.99. The Morgan fingerprint density at radius 1 is 1.22 bits per heavy atom. The molecule has 0 saturated heterocycles. The van der Waals surface area contributed by atoms with Gasteiger partial charge in [0.1, 0.15) is 6.04 Å². The molecule has 2 aromatic rings. The van der Waals surface area contributed by atoms with Crippen molar-refractivity contribution in [2.24, 2.45) is 0 Å². The van der Waals surface area contributed by atoms with Crippen LogP contribution in [0.5, 0.6) is 0 Å². The summed E-state index contributed by atoms with van der Waals surface area (Å²) < 4.78 is 0. The quantitative estimate of drug-likeness (QED) is 0.886. The van der Waals surface area contributed by atoms with Gasteiger partial charge in [-0.15, -0.1) is 11.3 Å². The number of amides is 2. The van der Waals surface area contributed by atoms with E-state index in [0.29, 0.717) is 17.5 Å². The van der Waals surface area contributed by atoms with E-state index in [4.69, 9.17) is 0 Å². The van der Waals surface area contributed by atoms with Crippen molar-refractivity contribution < 1.29 is 9.59 Å². The molecule has 1 aliphatic rings. The molecule has 1 unspecified atom stereocenters. The number of thiophene rings is 1. The summed E-state index contributed by atoms with van der Waals surface area (Å²) in [6.45, 7) is 2.36. The van der Waals surface area contributed by atoms with Crippen molar-refractivity contribution in [2.45, 2.75) is 38.4 Å². The number of carbonyl (C=O) groups is 2. The van der Waals surface area contributed by atoms with Gasteiger partial charge in [-0.3, -0.25) is 9.59 Å². The smallest absolute Gasteiger partial charge is 0.261 e. The molecule has 1 N–H and O–H groups in total. The number of carbonyl (C=O) groups excluding carboxylic acids is 2. The molecule has 2 amide bonds. The zero-order valence-corrected chi connectivity index (χ0v) is 13.9. The first-order valence-electron chi connectivity index (χ1n) is 7.84. The monoisotopic (exact) mass is 328 g/mol. The van der Waals surface area contributed by atoms with Crippen molar-refractivity contribution in [1.82, 2.24) is 10.2 Å². The highest BCUT2D eigenvalue weighted by molar-refractivity contribution is 7.12. The average molecular weight is 328 g/mol. The molecule has 1 heterocycles. The first kappa shape index (κ1) is 15.7. The van der Waals surface area contributed by atoms with Gasteiger partial charge in [0.05, 0.1) is 4.88 Å². The van der Waals surface area contributed by atoms with Crippen molar-refractivity contribution in [3.05, 3.63) is 58.3 Å². The van der Waals surface area contributed by atoms with E-state index < -0.39 is 6.04 Å². The molecule has 1 fully saturated rings. The molecule has 1 aromatic carbocycles. The van der Waals surface area contributed by atoms with Gasteiger partial charge in [-0.05, 0) is 36.8 Å². The molecule has 0 radical (unpaired) electrons. The van der Waals surface area contributed by atoms with Crippen LogP contribution in [0.1, 0.15) is 35.0 Å². The molecule has 23 heavy (non-hydrogen) atoms. The van der Waals surface area contributed by atoms with E-state index in [0.717, 1.165) is 18.4 Å². The van der Waals surface area contributed by atoms with E-state index in [1.54, 1.807) is 13.0 Å². The molecule has 1 aromatic heterocycles. The summed E-state index contributed by atoms with van der Waals surface area (Å²) >= 11 is 1.38. The maximum Gasteiger partial charge on any atom is 0.261 e. The van der Waals surface area contributed by atoms with E-state index in [9.17, 15) is 9.59 Å². The van der Waals surface area contributed by atoms with Gasteiger partial charge >= 0.3 is 0 Å². The molecule has 4 nitrogen and oxygen atoms in total. The Kier molecular flexibility index (Phi) is 4.76. The zero-order valence-electron chi connectivity index (χ0n) is 13.1. The summed E-state index contributed by atoms with van der Waals surface area (Å²) in [5.41, 5.74) is 1.12. The highest BCUT2D eigenvalue weighted by atomic mass is 32.1. The van der Waals surface area contributed by atoms with Crippen molar-refractivity contribution >= 4 is 23.2 Å². The fraction of sp³-hybridized carbons (Fsp3) is 0.333. The fourth-order valence-electron chi connectivity index (χ4n) is 2.54. The summed E-state index contributed by atoms with van der Waals surface area (Å²) in [7, 11) is 0. The van der Waals surface area contributed by atoms with Crippen LogP contribution in [0.3, 0.4) is 0 Å². The number of nitrogens with zero attached hydrogens (tertiary/aromatic N) is 1. The lowest BCUT2D eigenvalue weighted by molar-refractivity contribution is -0.134. The van der Waals surface area contributed by atoms with Gasteiger partial charge in [0.25, 0.3) is 5.91 Å². The van der Waals surface area contributed by atoms with Crippen LogP contribution in [-0.4, -0.2) is 28.8 Å². The molecule has 1 saturated carbocycles. The molecular weight excluding hydrogens is 308 g/mol. The van der Waals surface area contributed by atoms with Crippen LogP contribution < -0.4 is 5.32 Å². The minimum absolute atomic E-state index is 0.0127. The molecule has 1 atom stereocenters. The van der Waals surface area contributed by atoms with Gasteiger partial charge in [0.15, 0.2) is 0 Å². The summed E-state index contributed by atoms with van der Waals surface area (Å²) in [6.07, 6.45) is 2.09. The Hall–Kier alpha value is -2.14. The molecule has 120 valence electrons. The van der Waals surface area contributed by atoms with Crippen LogP contribution in [0, 0.1) is 0 Å². The molecule has 0 spiro atoms. The van der Waals surface area contributed by atoms with Crippen LogP contribution >= 0.6 is 11.3 Å². The Morgan fingerprint density at radius 3 is 2.57 bits per heavy atom. The van der Waals surface area contributed by atoms with Crippen molar-refractivity contribution in [3.8, 4) is 0 Å². The van der Waals surface area contributed by atoms with E-state index in [-0.39, 0.29) is 11.8 Å². The van der Waals surface area contributed by atoms with Gasteiger partial charge in [0, 0.05) is 12.6 Å². The van der Waals surface area contributed by atoms with Gasteiger partial charge in [-0.25, -0.2) is 0 Å². The second-order valence-electron chi connectivity index (χ2n) is 5.86. The van der Waals surface area contributed by atoms with Crippen molar-refractivity contribution in [3.63, 3.8) is 0 Å². The SMILES string of the molecule is CC(NC(=O)c1cccs1)C(=O)N(Cc1ccccc1)C1CC1. The molecule has 0 bridgehead atoms. The molecule has 3 rings (SSSR count). The van der Waals surface area contributed by atoms with Gasteiger partial charge < -0.3 is 10.2 Å². The fourth-order valence-corrected chi connectivity index (χ4v) is 3.17. The van der Waals surface area contributed by atoms with E-state index >= 15 is 0 Å². The number of hydrogen-bond acceptors (Lipinski definition) is 3. The number of hydrogen-bond donors (Lipinski definition) is 1. The van der Waals surface area contributed by atoms with Gasteiger partial charge in [-0.2, -0.15) is 0 Å². The van der Waals surface area contributed by atoms with Crippen LogP contribution in [-0.2, 0) is 11.3 Å². The first-order valence-corrected chi connectivity index (χ1v) is 8.72. The third-order valence-corrected chi connectivity index (χ3v) is 4.80. The lowest BCUT2D eigenvalue weighted by Gasteiger charge is -2.26. The maximum absolute atomic E-state index is 12.7. The second-order valence-corrected chi connectivity index (χ2v) is 6.80. The predicted octanol–water partition coefficient (Wildman–Crippen LogP) is 3.06. The van der Waals surface area contributed by atoms with Crippen LogP contribution in [0.15, 0.2) is 47.8 Å². The summed E-state index contributed by atoms with van der Waals surface area (Å²) in [4.78, 5) is 27.4. The predicted molar refractivity (Wildman–Crippen MR) is 91.3 cm³/mol. The van der Waals surface area contributed by atoms with E-state index in [2.05, 4.69) is 5.32 Å². The van der Waals surface area contributed by atoms with Crippen molar-refractivity contribution in [1.29, 1.82) is 0 Å². The second kappa shape index (κ2) is 6.96. The lowest BCUT2D eigenvalue weighted by atomic mass is 10.2. The standard InChI is InChI=1S/C18H20N2O2S/c1-13(19-17(21)16-8-5-11-23-16)18(22)20(15-9-10-15)12-14-6-3-2-4-7-14/h2-8,11,13,15H,9-10,12H2,1H3,(H,19,21). The summed E-state index contributed by atoms with van der Waals surface area (Å²) in [6, 6.07) is 13.4. The van der Waals surface area contributed by atoms with Gasteiger partial charge in [0.2, 0.25) is 5.91 Å². The zero-order chi connectivity index (χ0) is 16.2. The molecule has 1 aliphatic carbocycles. The minimum atomic E-state index is -0.520.